The van der Waals surface area contributed by atoms with Gasteiger partial charge in [-0.25, -0.2) is 8.78 Å². The Hall–Kier alpha value is -0.920. The molecule has 2 rings (SSSR count). The Morgan fingerprint density at radius 1 is 1.33 bits per heavy atom. The molecule has 3 nitrogen and oxygen atoms in total. The van der Waals surface area contributed by atoms with Gasteiger partial charge in [-0.15, -0.1) is 24.0 Å². The highest BCUT2D eigenvalue weighted by Gasteiger charge is 2.44. The van der Waals surface area contributed by atoms with Crippen LogP contribution in [0.15, 0.2) is 35.3 Å². The molecule has 1 aliphatic rings. The number of aliphatic imine (C=N–C) groups is 1. The molecular weight excluding hydrogens is 351 g/mol. The smallest absolute Gasteiger partial charge is 0.248 e. The van der Waals surface area contributed by atoms with Crippen LogP contribution in [0.1, 0.15) is 12.8 Å². The Morgan fingerprint density at radius 2 is 1.94 bits per heavy atom. The average Bonchev–Trinajstić information content (AvgIpc) is 2.25. The summed E-state index contributed by atoms with van der Waals surface area (Å²) in [5.74, 6) is -2.26. The van der Waals surface area contributed by atoms with Crippen molar-refractivity contribution in [3.05, 3.63) is 30.3 Å². The molecule has 1 fully saturated rings. The Balaban J connectivity index is 0.00000162. The molecule has 0 aliphatic heterocycles. The van der Waals surface area contributed by atoms with E-state index in [0.717, 1.165) is 5.69 Å². The van der Waals surface area contributed by atoms with Gasteiger partial charge in [0, 0.05) is 25.1 Å². The number of anilines is 1. The van der Waals surface area contributed by atoms with Crippen molar-refractivity contribution in [2.75, 3.05) is 11.9 Å². The highest BCUT2D eigenvalue weighted by Crippen LogP contribution is 2.42. The fourth-order valence-corrected chi connectivity index (χ4v) is 1.85. The highest BCUT2D eigenvalue weighted by atomic mass is 127. The van der Waals surface area contributed by atoms with Crippen molar-refractivity contribution < 1.29 is 8.78 Å². The van der Waals surface area contributed by atoms with Gasteiger partial charge in [0.05, 0.1) is 0 Å². The van der Waals surface area contributed by atoms with Gasteiger partial charge < -0.3 is 11.1 Å². The van der Waals surface area contributed by atoms with Crippen LogP contribution in [-0.2, 0) is 0 Å². The van der Waals surface area contributed by atoms with Crippen molar-refractivity contribution in [2.24, 2.45) is 16.6 Å². The van der Waals surface area contributed by atoms with Crippen molar-refractivity contribution in [1.29, 1.82) is 0 Å². The monoisotopic (exact) mass is 367 g/mol. The Morgan fingerprint density at radius 3 is 2.50 bits per heavy atom. The molecule has 18 heavy (non-hydrogen) atoms. The topological polar surface area (TPSA) is 50.4 Å². The third kappa shape index (κ3) is 4.40. The van der Waals surface area contributed by atoms with Crippen LogP contribution in [-0.4, -0.2) is 18.4 Å². The SMILES string of the molecule is I.NC(=NCC1CC(F)(F)C1)Nc1ccccc1. The molecule has 0 atom stereocenters. The number of alkyl halides is 2. The van der Waals surface area contributed by atoms with Gasteiger partial charge in [0.15, 0.2) is 5.96 Å². The molecule has 0 bridgehead atoms. The number of nitrogens with one attached hydrogen (secondary N) is 1. The van der Waals surface area contributed by atoms with E-state index in [9.17, 15) is 8.78 Å². The van der Waals surface area contributed by atoms with E-state index < -0.39 is 5.92 Å². The number of hydrogen-bond acceptors (Lipinski definition) is 1. The minimum Gasteiger partial charge on any atom is -0.370 e. The van der Waals surface area contributed by atoms with E-state index in [1.165, 1.54) is 0 Å². The number of halogens is 3. The number of para-hydroxylation sites is 1. The van der Waals surface area contributed by atoms with E-state index in [1.54, 1.807) is 0 Å². The van der Waals surface area contributed by atoms with Gasteiger partial charge in [-0.3, -0.25) is 4.99 Å². The second kappa shape index (κ2) is 6.31. The number of benzene rings is 1. The summed E-state index contributed by atoms with van der Waals surface area (Å²) in [6, 6.07) is 9.37. The molecule has 1 aliphatic carbocycles. The van der Waals surface area contributed by atoms with Crippen LogP contribution >= 0.6 is 24.0 Å². The fourth-order valence-electron chi connectivity index (χ4n) is 1.85. The van der Waals surface area contributed by atoms with E-state index in [4.69, 9.17) is 5.73 Å². The molecule has 3 N–H and O–H groups in total. The summed E-state index contributed by atoms with van der Waals surface area (Å²) in [7, 11) is 0. The lowest BCUT2D eigenvalue weighted by atomic mass is 9.81. The summed E-state index contributed by atoms with van der Waals surface area (Å²) in [4.78, 5) is 4.06. The number of guanidine groups is 1. The molecule has 0 aromatic heterocycles. The zero-order valence-electron chi connectivity index (χ0n) is 9.77. The van der Waals surface area contributed by atoms with Crippen LogP contribution in [0, 0.1) is 5.92 Å². The summed E-state index contributed by atoms with van der Waals surface area (Å²) in [5, 5.41) is 2.91. The van der Waals surface area contributed by atoms with E-state index >= 15 is 0 Å². The fraction of sp³-hybridized carbons (Fsp3) is 0.417. The van der Waals surface area contributed by atoms with Crippen molar-refractivity contribution in [3.8, 4) is 0 Å². The Labute approximate surface area is 122 Å². The molecule has 0 heterocycles. The number of rotatable bonds is 3. The van der Waals surface area contributed by atoms with Gasteiger partial charge in [0.1, 0.15) is 0 Å². The third-order valence-corrected chi connectivity index (χ3v) is 2.74. The number of hydrogen-bond donors (Lipinski definition) is 2. The molecule has 1 aromatic carbocycles. The summed E-state index contributed by atoms with van der Waals surface area (Å²) in [5.41, 5.74) is 6.49. The lowest BCUT2D eigenvalue weighted by Crippen LogP contribution is -2.37. The van der Waals surface area contributed by atoms with Crippen LogP contribution in [0.25, 0.3) is 0 Å². The van der Waals surface area contributed by atoms with E-state index in [1.807, 2.05) is 30.3 Å². The van der Waals surface area contributed by atoms with Crippen LogP contribution in [0.3, 0.4) is 0 Å². The van der Waals surface area contributed by atoms with Gasteiger partial charge in [-0.05, 0) is 18.1 Å². The maximum Gasteiger partial charge on any atom is 0.248 e. The zero-order valence-corrected chi connectivity index (χ0v) is 12.1. The molecule has 1 saturated carbocycles. The van der Waals surface area contributed by atoms with Gasteiger partial charge in [0.25, 0.3) is 0 Å². The van der Waals surface area contributed by atoms with Crippen molar-refractivity contribution in [3.63, 3.8) is 0 Å². The lowest BCUT2D eigenvalue weighted by molar-refractivity contribution is -0.107. The van der Waals surface area contributed by atoms with E-state index in [0.29, 0.717) is 6.54 Å². The largest absolute Gasteiger partial charge is 0.370 e. The Kier molecular flexibility index (Phi) is 5.30. The molecule has 1 aromatic rings. The Bertz CT molecular complexity index is 401. The molecule has 6 heteroatoms. The lowest BCUT2D eigenvalue weighted by Gasteiger charge is -2.33. The maximum absolute atomic E-state index is 12.6. The van der Waals surface area contributed by atoms with Gasteiger partial charge >= 0.3 is 0 Å². The first-order valence-corrected chi connectivity index (χ1v) is 5.55. The quantitative estimate of drug-likeness (QED) is 0.490. The first-order chi connectivity index (χ1) is 8.05. The van der Waals surface area contributed by atoms with Crippen molar-refractivity contribution >= 4 is 35.6 Å². The molecular formula is C12H16F2IN3. The van der Waals surface area contributed by atoms with Gasteiger partial charge in [-0.1, -0.05) is 18.2 Å². The second-order valence-corrected chi connectivity index (χ2v) is 4.35. The average molecular weight is 367 g/mol. The summed E-state index contributed by atoms with van der Waals surface area (Å²) < 4.78 is 25.1. The van der Waals surface area contributed by atoms with Crippen LogP contribution in [0.2, 0.25) is 0 Å². The second-order valence-electron chi connectivity index (χ2n) is 4.35. The summed E-state index contributed by atoms with van der Waals surface area (Å²) in [6.07, 6.45) is -0.149. The summed E-state index contributed by atoms with van der Waals surface area (Å²) >= 11 is 0. The third-order valence-electron chi connectivity index (χ3n) is 2.74. The minimum absolute atomic E-state index is 0. The standard InChI is InChI=1S/C12H15F2N3.HI/c13-12(14)6-9(7-12)8-16-11(15)17-10-4-2-1-3-5-10;/h1-5,9H,6-8H2,(H3,15,16,17);1H. The molecule has 0 radical (unpaired) electrons. The zero-order chi connectivity index (χ0) is 12.3. The number of nitrogens with two attached hydrogens (primary N) is 1. The minimum atomic E-state index is -2.48. The van der Waals surface area contributed by atoms with Gasteiger partial charge in [0.2, 0.25) is 5.92 Å². The highest BCUT2D eigenvalue weighted by molar-refractivity contribution is 14.0. The van der Waals surface area contributed by atoms with Crippen LogP contribution in [0.5, 0.6) is 0 Å². The number of nitrogens with zero attached hydrogens (tertiary/aromatic N) is 1. The molecule has 0 saturated heterocycles. The molecule has 100 valence electrons. The van der Waals surface area contributed by atoms with Crippen LogP contribution < -0.4 is 11.1 Å². The van der Waals surface area contributed by atoms with E-state index in [2.05, 4.69) is 10.3 Å². The first kappa shape index (κ1) is 15.1. The maximum atomic E-state index is 12.6. The first-order valence-electron chi connectivity index (χ1n) is 5.55. The van der Waals surface area contributed by atoms with Crippen LogP contribution in [0.4, 0.5) is 14.5 Å². The predicted octanol–water partition coefficient (Wildman–Crippen LogP) is 3.08. The van der Waals surface area contributed by atoms with Crippen molar-refractivity contribution in [1.82, 2.24) is 0 Å². The molecule has 0 spiro atoms. The molecule has 0 amide bonds. The normalized spacial score (nSPS) is 18.7. The predicted molar refractivity (Wildman–Crippen MR) is 79.6 cm³/mol. The molecule has 0 unspecified atom stereocenters. The van der Waals surface area contributed by atoms with Crippen molar-refractivity contribution in [2.45, 2.75) is 18.8 Å². The summed E-state index contributed by atoms with van der Waals surface area (Å²) in [6.45, 7) is 0.362. The van der Waals surface area contributed by atoms with Gasteiger partial charge in [-0.2, -0.15) is 0 Å². The van der Waals surface area contributed by atoms with E-state index in [-0.39, 0.29) is 48.7 Å².